The molecule has 0 bridgehead atoms. The lowest BCUT2D eigenvalue weighted by Gasteiger charge is -2.38. The van der Waals surface area contributed by atoms with Gasteiger partial charge < -0.3 is 20.9 Å². The van der Waals surface area contributed by atoms with Gasteiger partial charge in [0, 0.05) is 38.3 Å². The second kappa shape index (κ2) is 8.08. The Balaban J connectivity index is 1.66. The molecule has 0 atom stereocenters. The Labute approximate surface area is 153 Å². The van der Waals surface area contributed by atoms with E-state index in [1.807, 2.05) is 25.1 Å². The van der Waals surface area contributed by atoms with Crippen molar-refractivity contribution in [3.63, 3.8) is 0 Å². The quantitative estimate of drug-likeness (QED) is 0.809. The van der Waals surface area contributed by atoms with E-state index in [4.69, 9.17) is 5.73 Å². The summed E-state index contributed by atoms with van der Waals surface area (Å²) >= 11 is 0. The largest absolute Gasteiger partial charge is 0.397 e. The lowest BCUT2D eigenvalue weighted by molar-refractivity contribution is 0.0953. The van der Waals surface area contributed by atoms with Crippen LogP contribution in [0.5, 0.6) is 0 Å². The van der Waals surface area contributed by atoms with E-state index >= 15 is 0 Å². The molecule has 1 aliphatic rings. The first kappa shape index (κ1) is 18.0. The molecule has 0 aromatic heterocycles. The fraction of sp³-hybridized carbons (Fsp3) is 0.350. The van der Waals surface area contributed by atoms with Crippen molar-refractivity contribution >= 4 is 23.0 Å². The van der Waals surface area contributed by atoms with Crippen LogP contribution in [-0.2, 0) is 0 Å². The van der Waals surface area contributed by atoms with Gasteiger partial charge in [-0.1, -0.05) is 19.1 Å². The Morgan fingerprint density at radius 1 is 1.08 bits per heavy atom. The average Bonchev–Trinajstić information content (AvgIpc) is 2.66. The van der Waals surface area contributed by atoms with Gasteiger partial charge in [-0.15, -0.1) is 0 Å². The first-order chi connectivity index (χ1) is 12.6. The number of para-hydroxylation sites is 1. The highest BCUT2D eigenvalue weighted by atomic mass is 19.1. The Hall–Kier alpha value is -2.76. The summed E-state index contributed by atoms with van der Waals surface area (Å²) in [5.41, 5.74) is 8.92. The van der Waals surface area contributed by atoms with Crippen molar-refractivity contribution in [3.05, 3.63) is 53.8 Å². The summed E-state index contributed by atoms with van der Waals surface area (Å²) in [4.78, 5) is 16.3. The highest BCUT2D eigenvalue weighted by molar-refractivity contribution is 5.96. The number of amides is 1. The standard InChI is InChI=1S/C20H25FN4O/c1-2-9-23-20(26)15-7-8-19(17(22)14-15)25-12-10-24(11-13-25)18-6-4-3-5-16(18)21/h3-8,14H,2,9-13,22H2,1H3,(H,23,26). The maximum atomic E-state index is 14.0. The maximum Gasteiger partial charge on any atom is 0.251 e. The number of nitrogens with two attached hydrogens (primary N) is 1. The van der Waals surface area contributed by atoms with Crippen LogP contribution >= 0.6 is 0 Å². The molecule has 0 radical (unpaired) electrons. The third-order valence-corrected chi connectivity index (χ3v) is 4.64. The number of halogens is 1. The van der Waals surface area contributed by atoms with Crippen molar-refractivity contribution in [3.8, 4) is 0 Å². The van der Waals surface area contributed by atoms with Crippen LogP contribution in [0.1, 0.15) is 23.7 Å². The molecule has 0 aliphatic carbocycles. The molecule has 2 aromatic rings. The SMILES string of the molecule is CCCNC(=O)c1ccc(N2CCN(c3ccccc3F)CC2)c(N)c1. The number of nitrogen functional groups attached to an aromatic ring is 1. The normalized spacial score (nSPS) is 14.4. The van der Waals surface area contributed by atoms with E-state index in [1.165, 1.54) is 6.07 Å². The van der Waals surface area contributed by atoms with Crippen LogP contribution in [0.25, 0.3) is 0 Å². The van der Waals surface area contributed by atoms with Gasteiger partial charge in [-0.05, 0) is 36.8 Å². The molecule has 138 valence electrons. The van der Waals surface area contributed by atoms with Crippen LogP contribution in [0.4, 0.5) is 21.5 Å². The first-order valence-corrected chi connectivity index (χ1v) is 9.02. The van der Waals surface area contributed by atoms with Gasteiger partial charge in [0.15, 0.2) is 0 Å². The minimum Gasteiger partial charge on any atom is -0.397 e. The fourth-order valence-electron chi connectivity index (χ4n) is 3.22. The van der Waals surface area contributed by atoms with Crippen LogP contribution < -0.4 is 20.9 Å². The third kappa shape index (κ3) is 3.90. The highest BCUT2D eigenvalue weighted by Gasteiger charge is 2.21. The zero-order valence-electron chi connectivity index (χ0n) is 15.0. The number of anilines is 3. The Morgan fingerprint density at radius 3 is 2.35 bits per heavy atom. The van der Waals surface area contributed by atoms with Crippen LogP contribution in [0.15, 0.2) is 42.5 Å². The molecule has 1 saturated heterocycles. The molecule has 0 spiro atoms. The van der Waals surface area contributed by atoms with Crippen molar-refractivity contribution in [1.82, 2.24) is 5.32 Å². The molecule has 1 aliphatic heterocycles. The summed E-state index contributed by atoms with van der Waals surface area (Å²) in [6, 6.07) is 12.3. The smallest absolute Gasteiger partial charge is 0.251 e. The molecule has 0 unspecified atom stereocenters. The highest BCUT2D eigenvalue weighted by Crippen LogP contribution is 2.27. The van der Waals surface area contributed by atoms with Gasteiger partial charge in [-0.2, -0.15) is 0 Å². The average molecular weight is 356 g/mol. The summed E-state index contributed by atoms with van der Waals surface area (Å²) in [7, 11) is 0. The topological polar surface area (TPSA) is 61.6 Å². The van der Waals surface area contributed by atoms with E-state index in [2.05, 4.69) is 15.1 Å². The van der Waals surface area contributed by atoms with E-state index in [1.54, 1.807) is 18.2 Å². The lowest BCUT2D eigenvalue weighted by atomic mass is 10.1. The second-order valence-corrected chi connectivity index (χ2v) is 6.46. The minimum absolute atomic E-state index is 0.102. The molecular weight excluding hydrogens is 331 g/mol. The Kier molecular flexibility index (Phi) is 5.61. The van der Waals surface area contributed by atoms with Crippen molar-refractivity contribution < 1.29 is 9.18 Å². The first-order valence-electron chi connectivity index (χ1n) is 9.02. The summed E-state index contributed by atoms with van der Waals surface area (Å²) < 4.78 is 14.0. The molecule has 2 aromatic carbocycles. The number of hydrogen-bond acceptors (Lipinski definition) is 4. The van der Waals surface area contributed by atoms with Crippen molar-refractivity contribution in [2.45, 2.75) is 13.3 Å². The van der Waals surface area contributed by atoms with Gasteiger partial charge in [0.25, 0.3) is 5.91 Å². The third-order valence-electron chi connectivity index (χ3n) is 4.64. The molecule has 26 heavy (non-hydrogen) atoms. The van der Waals surface area contributed by atoms with Crippen LogP contribution in [0.3, 0.4) is 0 Å². The number of carbonyl (C=O) groups is 1. The predicted molar refractivity (Wildman–Crippen MR) is 104 cm³/mol. The molecule has 5 nitrogen and oxygen atoms in total. The molecule has 6 heteroatoms. The number of hydrogen-bond donors (Lipinski definition) is 2. The molecule has 3 rings (SSSR count). The minimum atomic E-state index is -0.192. The van der Waals surface area contributed by atoms with Crippen LogP contribution in [-0.4, -0.2) is 38.6 Å². The van der Waals surface area contributed by atoms with Crippen molar-refractivity contribution in [2.24, 2.45) is 0 Å². The predicted octanol–water partition coefficient (Wildman–Crippen LogP) is 2.87. The number of carbonyl (C=O) groups excluding carboxylic acids is 1. The van der Waals surface area contributed by atoms with E-state index in [0.29, 0.717) is 23.5 Å². The molecule has 1 fully saturated rings. The fourth-order valence-corrected chi connectivity index (χ4v) is 3.22. The maximum absolute atomic E-state index is 14.0. The van der Waals surface area contributed by atoms with Gasteiger partial charge >= 0.3 is 0 Å². The number of nitrogens with one attached hydrogen (secondary N) is 1. The lowest BCUT2D eigenvalue weighted by Crippen LogP contribution is -2.47. The second-order valence-electron chi connectivity index (χ2n) is 6.46. The van der Waals surface area contributed by atoms with Gasteiger partial charge in [0.05, 0.1) is 17.1 Å². The molecule has 1 heterocycles. The van der Waals surface area contributed by atoms with E-state index in [-0.39, 0.29) is 11.7 Å². The number of piperazine rings is 1. The van der Waals surface area contributed by atoms with E-state index in [9.17, 15) is 9.18 Å². The summed E-state index contributed by atoms with van der Waals surface area (Å²) in [6.45, 7) is 5.61. The summed E-state index contributed by atoms with van der Waals surface area (Å²) in [5.74, 6) is -0.294. The number of nitrogens with zero attached hydrogens (tertiary/aromatic N) is 2. The Morgan fingerprint density at radius 2 is 1.73 bits per heavy atom. The van der Waals surface area contributed by atoms with Crippen LogP contribution in [0.2, 0.25) is 0 Å². The van der Waals surface area contributed by atoms with Crippen molar-refractivity contribution in [2.75, 3.05) is 48.3 Å². The number of benzene rings is 2. The summed E-state index contributed by atoms with van der Waals surface area (Å²) in [6.07, 6.45) is 0.894. The van der Waals surface area contributed by atoms with E-state index in [0.717, 1.165) is 38.3 Å². The number of rotatable bonds is 5. The molecule has 3 N–H and O–H groups in total. The van der Waals surface area contributed by atoms with Gasteiger partial charge in [-0.25, -0.2) is 4.39 Å². The molecular formula is C20H25FN4O. The Bertz CT molecular complexity index is 772. The van der Waals surface area contributed by atoms with Crippen LogP contribution in [0, 0.1) is 5.82 Å². The van der Waals surface area contributed by atoms with Gasteiger partial charge in [0.2, 0.25) is 0 Å². The summed E-state index contributed by atoms with van der Waals surface area (Å²) in [5, 5.41) is 2.85. The molecule has 1 amide bonds. The van der Waals surface area contributed by atoms with Gasteiger partial charge in [0.1, 0.15) is 5.82 Å². The van der Waals surface area contributed by atoms with E-state index < -0.39 is 0 Å². The van der Waals surface area contributed by atoms with Crippen molar-refractivity contribution in [1.29, 1.82) is 0 Å². The zero-order chi connectivity index (χ0) is 18.5. The zero-order valence-corrected chi connectivity index (χ0v) is 15.0. The monoisotopic (exact) mass is 356 g/mol. The van der Waals surface area contributed by atoms with Gasteiger partial charge in [-0.3, -0.25) is 4.79 Å². The molecule has 0 saturated carbocycles.